The van der Waals surface area contributed by atoms with E-state index in [-0.39, 0.29) is 0 Å². The van der Waals surface area contributed by atoms with E-state index in [0.29, 0.717) is 6.10 Å². The van der Waals surface area contributed by atoms with Crippen molar-refractivity contribution >= 4 is 11.6 Å². The number of nitrogen functional groups attached to an aromatic ring is 1. The molecule has 1 atom stereocenters. The van der Waals surface area contributed by atoms with E-state index >= 15 is 0 Å². The second kappa shape index (κ2) is 8.14. The third-order valence-corrected chi connectivity index (χ3v) is 3.79. The van der Waals surface area contributed by atoms with Crippen LogP contribution in [0.2, 0.25) is 0 Å². The van der Waals surface area contributed by atoms with Crippen LogP contribution in [0.5, 0.6) is 0 Å². The Balaban J connectivity index is 2.16. The lowest BCUT2D eigenvalue weighted by Gasteiger charge is -2.34. The van der Waals surface area contributed by atoms with Gasteiger partial charge in [-0.1, -0.05) is 20.3 Å². The van der Waals surface area contributed by atoms with Gasteiger partial charge in [-0.3, -0.25) is 0 Å². The Hall–Kier alpha value is -1.40. The zero-order chi connectivity index (χ0) is 15.1. The summed E-state index contributed by atoms with van der Waals surface area (Å²) >= 11 is 0. The molecule has 0 aliphatic carbocycles. The van der Waals surface area contributed by atoms with Crippen LogP contribution in [0.1, 0.15) is 45.1 Å². The highest BCUT2D eigenvalue weighted by Crippen LogP contribution is 2.27. The van der Waals surface area contributed by atoms with E-state index in [1.165, 1.54) is 0 Å². The van der Waals surface area contributed by atoms with Gasteiger partial charge in [-0.25, -0.2) is 15.8 Å². The topological polar surface area (TPSA) is 76.3 Å². The van der Waals surface area contributed by atoms with E-state index in [2.05, 4.69) is 34.1 Å². The van der Waals surface area contributed by atoms with Crippen molar-refractivity contribution in [1.82, 2.24) is 9.97 Å². The maximum absolute atomic E-state index is 5.91. The van der Waals surface area contributed by atoms with Crippen molar-refractivity contribution in [3.8, 4) is 0 Å². The summed E-state index contributed by atoms with van der Waals surface area (Å²) in [7, 11) is 0. The van der Waals surface area contributed by atoms with E-state index in [1.807, 2.05) is 0 Å². The van der Waals surface area contributed by atoms with Crippen LogP contribution in [-0.2, 0) is 11.2 Å². The normalized spacial score (nSPS) is 18.8. The molecule has 6 heteroatoms. The molecule has 3 N–H and O–H groups in total. The van der Waals surface area contributed by atoms with Crippen molar-refractivity contribution in [2.24, 2.45) is 5.84 Å². The lowest BCUT2D eigenvalue weighted by atomic mass is 10.1. The molecular formula is C15H27N5O. The van der Waals surface area contributed by atoms with Gasteiger partial charge in [0.05, 0.1) is 6.10 Å². The molecule has 0 amide bonds. The standard InChI is InChI=1S/C15H27N5O/c1-3-6-13-14(19-16)17-11-18-15(13)20-8-5-7-12(10-20)21-9-4-2/h11-12H,3-10,16H2,1-2H3,(H,17,18,19). The number of nitrogens with two attached hydrogens (primary N) is 1. The van der Waals surface area contributed by atoms with Gasteiger partial charge in [-0.15, -0.1) is 0 Å². The van der Waals surface area contributed by atoms with Crippen molar-refractivity contribution in [2.75, 3.05) is 30.0 Å². The second-order valence-electron chi connectivity index (χ2n) is 5.50. The van der Waals surface area contributed by atoms with E-state index in [9.17, 15) is 0 Å². The van der Waals surface area contributed by atoms with Gasteiger partial charge >= 0.3 is 0 Å². The summed E-state index contributed by atoms with van der Waals surface area (Å²) < 4.78 is 5.91. The summed E-state index contributed by atoms with van der Waals surface area (Å²) in [6.07, 6.45) is 7.18. The van der Waals surface area contributed by atoms with Crippen LogP contribution in [0.25, 0.3) is 0 Å². The first-order chi connectivity index (χ1) is 10.3. The van der Waals surface area contributed by atoms with E-state index in [0.717, 1.165) is 69.0 Å². The molecule has 0 radical (unpaired) electrons. The minimum atomic E-state index is 0.303. The number of hydrogen-bond acceptors (Lipinski definition) is 6. The first-order valence-corrected chi connectivity index (χ1v) is 7.97. The number of hydrogen-bond donors (Lipinski definition) is 2. The maximum Gasteiger partial charge on any atom is 0.148 e. The van der Waals surface area contributed by atoms with Crippen molar-refractivity contribution < 1.29 is 4.74 Å². The first kappa shape index (κ1) is 16.0. The highest BCUT2D eigenvalue weighted by atomic mass is 16.5. The zero-order valence-corrected chi connectivity index (χ0v) is 13.1. The van der Waals surface area contributed by atoms with Crippen LogP contribution in [0.15, 0.2) is 6.33 Å². The Morgan fingerprint density at radius 2 is 2.24 bits per heavy atom. The summed E-state index contributed by atoms with van der Waals surface area (Å²) in [5.74, 6) is 7.33. The van der Waals surface area contributed by atoms with Crippen LogP contribution >= 0.6 is 0 Å². The Morgan fingerprint density at radius 1 is 1.38 bits per heavy atom. The van der Waals surface area contributed by atoms with Gasteiger partial charge in [-0.2, -0.15) is 0 Å². The van der Waals surface area contributed by atoms with E-state index in [4.69, 9.17) is 10.6 Å². The fraction of sp³-hybridized carbons (Fsp3) is 0.733. The van der Waals surface area contributed by atoms with E-state index in [1.54, 1.807) is 6.33 Å². The van der Waals surface area contributed by atoms with Crippen molar-refractivity contribution in [1.29, 1.82) is 0 Å². The molecule has 2 heterocycles. The molecule has 1 aliphatic heterocycles. The number of anilines is 2. The molecule has 0 bridgehead atoms. The molecule has 0 saturated carbocycles. The van der Waals surface area contributed by atoms with Gasteiger partial charge < -0.3 is 15.1 Å². The lowest BCUT2D eigenvalue weighted by molar-refractivity contribution is 0.0439. The summed E-state index contributed by atoms with van der Waals surface area (Å²) in [6, 6.07) is 0. The highest BCUT2D eigenvalue weighted by molar-refractivity contribution is 5.58. The van der Waals surface area contributed by atoms with Gasteiger partial charge in [0.2, 0.25) is 0 Å². The molecule has 2 rings (SSSR count). The number of rotatable bonds is 7. The molecule has 1 fully saturated rings. The fourth-order valence-corrected chi connectivity index (χ4v) is 2.83. The largest absolute Gasteiger partial charge is 0.376 e. The quantitative estimate of drug-likeness (QED) is 0.592. The number of nitrogens with one attached hydrogen (secondary N) is 1. The van der Waals surface area contributed by atoms with Crippen LogP contribution in [0.3, 0.4) is 0 Å². The molecular weight excluding hydrogens is 266 g/mol. The molecule has 6 nitrogen and oxygen atoms in total. The highest BCUT2D eigenvalue weighted by Gasteiger charge is 2.24. The number of hydrazine groups is 1. The monoisotopic (exact) mass is 293 g/mol. The Labute approximate surface area is 127 Å². The second-order valence-corrected chi connectivity index (χ2v) is 5.50. The number of aromatic nitrogens is 2. The van der Waals surface area contributed by atoms with E-state index < -0.39 is 0 Å². The molecule has 1 aromatic heterocycles. The van der Waals surface area contributed by atoms with Gasteiger partial charge in [0.15, 0.2) is 0 Å². The molecule has 1 aliphatic rings. The van der Waals surface area contributed by atoms with Crippen LogP contribution in [0.4, 0.5) is 11.6 Å². The summed E-state index contributed by atoms with van der Waals surface area (Å²) in [6.45, 7) is 7.05. The molecule has 1 unspecified atom stereocenters. The van der Waals surface area contributed by atoms with Gasteiger partial charge in [0.1, 0.15) is 18.0 Å². The van der Waals surface area contributed by atoms with Crippen LogP contribution in [0, 0.1) is 0 Å². The Bertz CT molecular complexity index is 440. The third-order valence-electron chi connectivity index (χ3n) is 3.79. The van der Waals surface area contributed by atoms with Crippen molar-refractivity contribution in [3.05, 3.63) is 11.9 Å². The number of ether oxygens (including phenoxy) is 1. The number of nitrogens with zero attached hydrogens (tertiary/aromatic N) is 3. The maximum atomic E-state index is 5.91. The minimum absolute atomic E-state index is 0.303. The molecule has 0 aromatic carbocycles. The van der Waals surface area contributed by atoms with Crippen LogP contribution < -0.4 is 16.2 Å². The smallest absolute Gasteiger partial charge is 0.148 e. The van der Waals surface area contributed by atoms with Crippen LogP contribution in [-0.4, -0.2) is 35.8 Å². The number of piperidine rings is 1. The Morgan fingerprint density at radius 3 is 2.95 bits per heavy atom. The summed E-state index contributed by atoms with van der Waals surface area (Å²) in [4.78, 5) is 11.1. The van der Waals surface area contributed by atoms with Gasteiger partial charge in [0, 0.05) is 25.3 Å². The summed E-state index contributed by atoms with van der Waals surface area (Å²) in [5.41, 5.74) is 3.81. The third kappa shape index (κ3) is 4.04. The van der Waals surface area contributed by atoms with Gasteiger partial charge in [-0.05, 0) is 25.7 Å². The zero-order valence-electron chi connectivity index (χ0n) is 13.1. The van der Waals surface area contributed by atoms with Gasteiger partial charge in [0.25, 0.3) is 0 Å². The predicted octanol–water partition coefficient (Wildman–Crippen LogP) is 2.11. The minimum Gasteiger partial charge on any atom is -0.376 e. The average Bonchev–Trinajstić information content (AvgIpc) is 2.53. The fourth-order valence-electron chi connectivity index (χ4n) is 2.83. The first-order valence-electron chi connectivity index (χ1n) is 7.97. The average molecular weight is 293 g/mol. The van der Waals surface area contributed by atoms with Crippen molar-refractivity contribution in [2.45, 2.75) is 52.1 Å². The molecule has 118 valence electrons. The molecule has 21 heavy (non-hydrogen) atoms. The van der Waals surface area contributed by atoms with Crippen molar-refractivity contribution in [3.63, 3.8) is 0 Å². The molecule has 0 spiro atoms. The SMILES string of the molecule is CCCOC1CCCN(c2ncnc(NN)c2CCC)C1. The summed E-state index contributed by atoms with van der Waals surface area (Å²) in [5, 5.41) is 0. The predicted molar refractivity (Wildman–Crippen MR) is 85.3 cm³/mol. The lowest BCUT2D eigenvalue weighted by Crippen LogP contribution is -2.41. The molecule has 1 aromatic rings. The molecule has 1 saturated heterocycles. The Kier molecular flexibility index (Phi) is 6.20.